The summed E-state index contributed by atoms with van der Waals surface area (Å²) in [5.41, 5.74) is -0.485. The van der Waals surface area contributed by atoms with Gasteiger partial charge in [-0.25, -0.2) is 4.79 Å². The van der Waals surface area contributed by atoms with Gasteiger partial charge in [-0.1, -0.05) is 79.6 Å². The van der Waals surface area contributed by atoms with Crippen LogP contribution in [0.4, 0.5) is 0 Å². The third kappa shape index (κ3) is 6.14. The van der Waals surface area contributed by atoms with Gasteiger partial charge in [-0.15, -0.1) is 0 Å². The summed E-state index contributed by atoms with van der Waals surface area (Å²) < 4.78 is 20.9. The fraction of sp³-hybridized carbons (Fsp3) is 0.582. The van der Waals surface area contributed by atoms with E-state index in [9.17, 15) is 30.6 Å². The van der Waals surface area contributed by atoms with Gasteiger partial charge in [-0.05, 0) is 146 Å². The van der Waals surface area contributed by atoms with Crippen molar-refractivity contribution in [1.29, 1.82) is 0 Å². The number of fused-ring (bicyclic) bond motifs is 4. The normalized spacial score (nSPS) is 43.6. The van der Waals surface area contributed by atoms with Crippen LogP contribution in [-0.4, -0.2) is 132 Å². The molecule has 5 saturated heterocycles. The average Bonchev–Trinajstić information content (AvgIpc) is 4.10. The molecule has 13 nitrogen and oxygen atoms in total. The minimum Gasteiger partial charge on any atom is -0.508 e. The highest BCUT2D eigenvalue weighted by molar-refractivity contribution is 8.78. The van der Waals surface area contributed by atoms with Crippen molar-refractivity contribution < 1.29 is 49.6 Å². The zero-order valence-corrected chi connectivity index (χ0v) is 43.5. The van der Waals surface area contributed by atoms with E-state index in [1.54, 1.807) is 21.6 Å². The predicted molar refractivity (Wildman–Crippen MR) is 283 cm³/mol. The summed E-state index contributed by atoms with van der Waals surface area (Å²) in [6.45, 7) is 0.0264. The molecular weight excluding hydrogens is 991 g/mol. The Morgan fingerprint density at radius 1 is 0.861 bits per heavy atom. The maximum Gasteiger partial charge on any atom is 0.343 e. The quantitative estimate of drug-likeness (QED) is 0.0492. The summed E-state index contributed by atoms with van der Waals surface area (Å²) in [7, 11) is 11.1. The Hall–Kier alpha value is -2.75. The van der Waals surface area contributed by atoms with E-state index in [-0.39, 0.29) is 57.4 Å². The van der Waals surface area contributed by atoms with E-state index >= 15 is 4.79 Å². The van der Waals surface area contributed by atoms with E-state index in [0.717, 1.165) is 64.3 Å². The molecule has 7 aliphatic heterocycles. The van der Waals surface area contributed by atoms with Gasteiger partial charge in [0, 0.05) is 63.2 Å². The summed E-state index contributed by atoms with van der Waals surface area (Å²) in [5, 5.41) is 87.8. The first kappa shape index (κ1) is 47.7. The van der Waals surface area contributed by atoms with E-state index in [2.05, 4.69) is 27.8 Å². The molecule has 5 aliphatic carbocycles. The van der Waals surface area contributed by atoms with Gasteiger partial charge in [0.1, 0.15) is 18.0 Å². The molecule has 72 heavy (non-hydrogen) atoms. The van der Waals surface area contributed by atoms with Crippen LogP contribution in [0.15, 0.2) is 66.7 Å². The van der Waals surface area contributed by atoms with Crippen LogP contribution < -0.4 is 15.4 Å². The van der Waals surface area contributed by atoms with Crippen LogP contribution in [0.3, 0.4) is 0 Å². The number of phenolic OH excluding ortho intramolecular Hbond substituents is 1. The van der Waals surface area contributed by atoms with Gasteiger partial charge in [0.2, 0.25) is 5.79 Å². The molecule has 8 heterocycles. The largest absolute Gasteiger partial charge is 0.508 e. The number of carbonyl (C=O) groups excluding carboxylic acids is 1. The number of rotatable bonds is 6. The second-order valence-corrected chi connectivity index (χ2v) is 28.0. The first-order valence-corrected chi connectivity index (χ1v) is 30.8. The van der Waals surface area contributed by atoms with Crippen LogP contribution in [0, 0.1) is 40.9 Å². The molecule has 9 bridgehead atoms. The smallest absolute Gasteiger partial charge is 0.343 e. The molecule has 4 saturated carbocycles. The van der Waals surface area contributed by atoms with Crippen LogP contribution in [0.5, 0.6) is 11.5 Å². The number of aromatic amines is 1. The van der Waals surface area contributed by atoms with Crippen molar-refractivity contribution in [2.75, 3.05) is 32.1 Å². The van der Waals surface area contributed by atoms with Crippen molar-refractivity contribution in [3.63, 3.8) is 0 Å². The van der Waals surface area contributed by atoms with E-state index in [0.29, 0.717) is 36.7 Å². The predicted octanol–water partition coefficient (Wildman–Crippen LogP) is 6.72. The monoisotopic (exact) mass is 1050 g/mol. The zero-order chi connectivity index (χ0) is 49.2. The number of benzene rings is 4. The number of phenols is 1. The molecule has 382 valence electrons. The Bertz CT molecular complexity index is 3020. The summed E-state index contributed by atoms with van der Waals surface area (Å²) in [6.07, 6.45) is -1.19. The maximum absolute atomic E-state index is 15.5. The van der Waals surface area contributed by atoms with Crippen LogP contribution in [-0.2, 0) is 26.3 Å². The van der Waals surface area contributed by atoms with Crippen LogP contribution in [0.25, 0.3) is 32.4 Å². The van der Waals surface area contributed by atoms with Gasteiger partial charge in [0.15, 0.2) is 17.5 Å². The van der Waals surface area contributed by atoms with Gasteiger partial charge < -0.3 is 60.5 Å². The lowest BCUT2D eigenvalue weighted by atomic mass is 9.40. The number of ether oxygens (including phenoxy) is 3. The number of hydrogen-bond acceptors (Lipinski definition) is 16. The first-order valence-electron chi connectivity index (χ1n) is 26.1. The number of H-pyrrole nitrogens is 1. The fourth-order valence-corrected chi connectivity index (χ4v) is 24.7. The highest BCUT2D eigenvalue weighted by atomic mass is 33.1. The Labute approximate surface area is 433 Å². The molecule has 1 aromatic heterocycles. The summed E-state index contributed by atoms with van der Waals surface area (Å²) in [5.74, 6) is -3.20. The minimum atomic E-state index is -2.66. The van der Waals surface area contributed by atoms with E-state index in [4.69, 9.17) is 14.2 Å². The molecule has 4 aromatic carbocycles. The van der Waals surface area contributed by atoms with Crippen LogP contribution in [0.2, 0.25) is 0 Å². The molecular formula is C55H63N3O10S4. The standard InChI is InChI=1S/C55H63N3O10S4/c1-56-21-42-36-20-38-34-19-35-41(57-2)23-69-72-43(24-70-71-42)33-17-29-9-8-28-13-14-52(47(35)61,53(28,29)37-11-10-30(60)18-32(33)37)49(34)67-50-46(68-55(65,48(36)62)54(38,50)64)51(63)66-45-40(22-59)58-39-12-7-27-15-25-5-3-4-6-26(25)16-31(27)44(39)45/h3-7,10-12,15-16,18,28-29,33-36,38,41-43,46-50,56-62,64-65H,8-9,13-14,17,19-24H2,1-2H3. The minimum absolute atomic E-state index is 0.0996. The summed E-state index contributed by atoms with van der Waals surface area (Å²) in [4.78, 5) is 18.8. The molecule has 0 amide bonds. The number of aliphatic hydroxyl groups is 5. The van der Waals surface area contributed by atoms with Crippen molar-refractivity contribution in [2.45, 2.75) is 121 Å². The molecule has 9 N–H and O–H groups in total. The zero-order valence-electron chi connectivity index (χ0n) is 40.2. The van der Waals surface area contributed by atoms with Crippen LogP contribution >= 0.6 is 43.2 Å². The van der Waals surface area contributed by atoms with Crippen molar-refractivity contribution in [2.24, 2.45) is 40.9 Å². The molecule has 17 heteroatoms. The molecule has 17 rings (SSSR count). The number of hydrogen-bond donors (Lipinski definition) is 9. The third-order valence-electron chi connectivity index (χ3n) is 20.3. The van der Waals surface area contributed by atoms with Crippen molar-refractivity contribution in [1.82, 2.24) is 15.6 Å². The molecule has 19 atom stereocenters. The highest BCUT2D eigenvalue weighted by Gasteiger charge is 2.84. The molecule has 9 fully saturated rings. The number of carbonyl (C=O) groups is 1. The lowest BCUT2D eigenvalue weighted by molar-refractivity contribution is -0.381. The number of aromatic nitrogens is 1. The van der Waals surface area contributed by atoms with E-state index in [1.807, 2.05) is 90.3 Å². The van der Waals surface area contributed by atoms with Gasteiger partial charge in [0.25, 0.3) is 0 Å². The van der Waals surface area contributed by atoms with Gasteiger partial charge >= 0.3 is 5.97 Å². The highest BCUT2D eigenvalue weighted by Crippen LogP contribution is 2.78. The molecule has 2 spiro atoms. The van der Waals surface area contributed by atoms with Crippen molar-refractivity contribution in [3.8, 4) is 11.5 Å². The Morgan fingerprint density at radius 3 is 2.47 bits per heavy atom. The average molecular weight is 1050 g/mol. The number of nitrogens with one attached hydrogen (secondary N) is 3. The first-order chi connectivity index (χ1) is 34.9. The lowest BCUT2D eigenvalue weighted by Crippen LogP contribution is -2.80. The third-order valence-corrected chi connectivity index (χ3v) is 26.4. The molecule has 19 unspecified atom stereocenters. The Balaban J connectivity index is 0.982. The second-order valence-electron chi connectivity index (χ2n) is 22.7. The van der Waals surface area contributed by atoms with Gasteiger partial charge in [-0.3, -0.25) is 0 Å². The van der Waals surface area contributed by atoms with Crippen LogP contribution in [0.1, 0.15) is 67.7 Å². The Kier molecular flexibility index (Phi) is 11.3. The van der Waals surface area contributed by atoms with E-state index in [1.165, 1.54) is 5.56 Å². The summed E-state index contributed by atoms with van der Waals surface area (Å²) in [6, 6.07) is 21.9. The number of aromatic hydroxyl groups is 1. The second kappa shape index (κ2) is 17.1. The SMILES string of the molecule is CNCC1SSCC2SSCC(NC)C3CC4C5CC1C(O)C1(O)OC(C(=O)Oc6c(CO)[nH]c7ccc8cc9ccccc9cc8c67)C(OC4C4(CCC6CCC7CC2c2cc(O)ccc2C674)C3O)C51O. The van der Waals surface area contributed by atoms with E-state index < -0.39 is 83.1 Å². The Morgan fingerprint density at radius 2 is 1.67 bits per heavy atom. The fourth-order valence-electron chi connectivity index (χ4n) is 17.6. The van der Waals surface area contributed by atoms with Crippen molar-refractivity contribution in [3.05, 3.63) is 83.6 Å². The lowest BCUT2D eigenvalue weighted by Gasteiger charge is -2.69. The van der Waals surface area contributed by atoms with Gasteiger partial charge in [-0.2, -0.15) is 0 Å². The maximum atomic E-state index is 15.5. The molecule has 12 aliphatic rings. The number of esters is 1. The van der Waals surface area contributed by atoms with Gasteiger partial charge in [0.05, 0.1) is 35.4 Å². The molecule has 0 radical (unpaired) electrons. The topological polar surface area (TPSA) is 206 Å². The number of aliphatic hydroxyl groups excluding tert-OH is 3. The summed E-state index contributed by atoms with van der Waals surface area (Å²) >= 11 is 0. The molecule has 5 aromatic rings. The van der Waals surface area contributed by atoms with Crippen molar-refractivity contribution >= 4 is 81.6 Å².